The molecule has 4 saturated heterocycles. The highest BCUT2D eigenvalue weighted by molar-refractivity contribution is 6.10. The highest BCUT2D eigenvalue weighted by Crippen LogP contribution is 2.43. The molecular weight excluding hydrogens is 1660 g/mol. The lowest BCUT2D eigenvalue weighted by atomic mass is 9.99. The third kappa shape index (κ3) is 16.9. The standard InChI is InChI=1S/C25H26N8O.C25H25N7O.C24H28N8O.C23H26N8O/c1-15-3-5-17-18(12-28-24(17)30-15)23-19-13-29-25(34)22(19)20(14-27-23)31-21-6-4-16(11-26-21)33-9-7-32(2)8-10-33;1-31-9-11-32(12-10-31)16-5-6-22(27-13-16)30-21-15-28-24(19-14-29-25(33)23(19)21)18-3-2-4-20-17(18)7-8-26-20;1-30-8-10-31(11-9-30)16-5-6-21(25-12-16)29-19-15-26-23(18-13-27-24(33)22(18)19)17-14-28-32-7-3-2-4-20(17)32;1-29-7-9-30(10-8-29)15-4-5-20(24-11-15)28-18-14-25-22(17-12-26-23(32)21(17)18)16-13-27-31-6-2-3-19(16)31/h3-6,11-12,14H,7-10,13H2,1-2H3,(H,26,31)(H,28,30)(H,29,34);2-8,13,15,26H,9-12,14H2,1H3,(H,27,30)(H,29,33);5-6,12,14-15H,2-4,7-11,13H2,1H3,(H,25,29)(H,27,33);4-5,11,13-14H,2-3,6-10,12H2,1H3,(H,24,28)(H,26,32). The van der Waals surface area contributed by atoms with Crippen LogP contribution in [0.15, 0.2) is 159 Å². The van der Waals surface area contributed by atoms with Gasteiger partial charge >= 0.3 is 0 Å². The first kappa shape index (κ1) is 84.1. The van der Waals surface area contributed by atoms with Gasteiger partial charge in [0.15, 0.2) is 0 Å². The van der Waals surface area contributed by atoms with Crippen LogP contribution in [-0.2, 0) is 52.1 Å². The van der Waals surface area contributed by atoms with Crippen molar-refractivity contribution < 1.29 is 19.2 Å². The molecule has 0 aliphatic carbocycles. The van der Waals surface area contributed by atoms with Crippen LogP contribution in [-0.4, -0.2) is 251 Å². The van der Waals surface area contributed by atoms with E-state index in [1.165, 1.54) is 11.4 Å². The maximum atomic E-state index is 12.8. The lowest BCUT2D eigenvalue weighted by Crippen LogP contribution is -2.44. The number of anilines is 12. The Morgan fingerprint density at radius 2 is 0.689 bits per heavy atom. The first-order valence-corrected chi connectivity index (χ1v) is 45.6. The number of carbonyl (C=O) groups excluding carboxylic acids is 4. The molecule has 0 saturated carbocycles. The smallest absolute Gasteiger partial charge is 0.254 e. The van der Waals surface area contributed by atoms with E-state index in [9.17, 15) is 19.2 Å². The SMILES string of the molecule is CN1CCN(c2ccc(Nc3cnc(-c4cccc5[nH]ccc45)c4c3C(=O)NC4)nc2)CC1.CN1CCN(c2ccc(Nc3cnc(-c4cnn5c4CCC5)c4c3C(=O)NC4)nc2)CC1.CN1CCN(c2ccc(Nc3cnc(-c4cnn5c4CCCC5)c4c3C(=O)NC4)nc2)CC1.Cc1ccc2c(-c3ncc(Nc4ccc(N5CCN(C)CC5)cn4)c4c3CNC4=O)c[nH]c2n1. The number of nitrogens with zero attached hydrogens (tertiary/aromatic N) is 21. The number of likely N-dealkylation sites (N-methyl/N-ethyl adjacent to an activating group) is 4. The van der Waals surface area contributed by atoms with E-state index in [1.54, 1.807) is 24.8 Å². The zero-order valence-electron chi connectivity index (χ0n) is 74.6. The second kappa shape index (κ2) is 36.3. The second-order valence-corrected chi connectivity index (χ2v) is 35.3. The molecule has 10 aliphatic heterocycles. The molecule has 35 nitrogen and oxygen atoms in total. The number of rotatable bonds is 16. The average Bonchev–Trinajstić information content (AvgIpc) is 1.60. The Labute approximate surface area is 762 Å². The Balaban J connectivity index is 0.000000106. The first-order valence-electron chi connectivity index (χ1n) is 45.6. The Morgan fingerprint density at radius 3 is 1.07 bits per heavy atom. The largest absolute Gasteiger partial charge is 0.368 e. The monoisotopic (exact) mass is 1770 g/mol. The molecule has 672 valence electrons. The minimum Gasteiger partial charge on any atom is -0.368 e. The molecule has 10 aliphatic rings. The molecule has 4 fully saturated rings. The fourth-order valence-corrected chi connectivity index (χ4v) is 19.3. The number of piperazine rings is 4. The van der Waals surface area contributed by atoms with Gasteiger partial charge in [-0.2, -0.15) is 10.2 Å². The van der Waals surface area contributed by atoms with Crippen LogP contribution in [0.2, 0.25) is 0 Å². The van der Waals surface area contributed by atoms with Crippen LogP contribution in [0.5, 0.6) is 0 Å². The minimum atomic E-state index is -0.107. The molecule has 0 bridgehead atoms. The van der Waals surface area contributed by atoms with Gasteiger partial charge < -0.3 is 91.7 Å². The van der Waals surface area contributed by atoms with Crippen molar-refractivity contribution in [2.45, 2.75) is 78.3 Å². The molecule has 23 heterocycles. The van der Waals surface area contributed by atoms with E-state index in [4.69, 9.17) is 19.9 Å². The lowest BCUT2D eigenvalue weighted by Gasteiger charge is -2.33. The number of fused-ring (bicyclic) bond motifs is 8. The molecule has 4 amide bonds. The van der Waals surface area contributed by atoms with Gasteiger partial charge in [0.25, 0.3) is 23.6 Å². The maximum absolute atomic E-state index is 12.8. The molecule has 24 rings (SSSR count). The normalized spacial score (nSPS) is 17.0. The van der Waals surface area contributed by atoms with Crippen molar-refractivity contribution in [1.29, 1.82) is 0 Å². The summed E-state index contributed by atoms with van der Waals surface area (Å²) in [6, 6.07) is 28.3. The number of nitrogens with one attached hydrogen (secondary N) is 10. The van der Waals surface area contributed by atoms with Crippen LogP contribution in [0.1, 0.15) is 100 Å². The number of hydrogen-bond donors (Lipinski definition) is 10. The fourth-order valence-electron chi connectivity index (χ4n) is 19.3. The van der Waals surface area contributed by atoms with Gasteiger partial charge in [0.05, 0.1) is 152 Å². The molecule has 0 atom stereocenters. The quantitative estimate of drug-likeness (QED) is 0.0429. The molecule has 13 aromatic heterocycles. The summed E-state index contributed by atoms with van der Waals surface area (Å²) in [5.74, 6) is 2.42. The Kier molecular flexibility index (Phi) is 23.1. The molecule has 0 unspecified atom stereocenters. The van der Waals surface area contributed by atoms with Crippen molar-refractivity contribution in [2.24, 2.45) is 0 Å². The topological polar surface area (TPSA) is 374 Å². The van der Waals surface area contributed by atoms with Gasteiger partial charge in [0.1, 0.15) is 28.9 Å². The number of carbonyl (C=O) groups is 4. The summed E-state index contributed by atoms with van der Waals surface area (Å²) in [6.07, 6.45) is 27.5. The number of aromatic amines is 2. The summed E-state index contributed by atoms with van der Waals surface area (Å²) >= 11 is 0. The van der Waals surface area contributed by atoms with Gasteiger partial charge in [-0.05, 0) is 140 Å². The van der Waals surface area contributed by atoms with Crippen LogP contribution in [0.3, 0.4) is 0 Å². The molecular formula is C97H105N31O4. The fraction of sp³-hybridized carbons (Fsp3) is 0.330. The number of aromatic nitrogens is 15. The molecule has 132 heavy (non-hydrogen) atoms. The van der Waals surface area contributed by atoms with Crippen molar-refractivity contribution in [2.75, 3.05) is 174 Å². The predicted octanol–water partition coefficient (Wildman–Crippen LogP) is 10.9. The summed E-state index contributed by atoms with van der Waals surface area (Å²) in [5.41, 5.74) is 26.0. The van der Waals surface area contributed by atoms with Crippen LogP contribution in [0.4, 0.5) is 68.8 Å². The number of amides is 4. The van der Waals surface area contributed by atoms with Crippen molar-refractivity contribution in [1.82, 2.24) is 115 Å². The zero-order chi connectivity index (χ0) is 89.6. The van der Waals surface area contributed by atoms with E-state index in [2.05, 4.69) is 184 Å². The van der Waals surface area contributed by atoms with E-state index >= 15 is 0 Å². The third-order valence-electron chi connectivity index (χ3n) is 26.9. The van der Waals surface area contributed by atoms with Crippen LogP contribution in [0, 0.1) is 6.92 Å². The van der Waals surface area contributed by atoms with Crippen molar-refractivity contribution >= 4 is 114 Å². The van der Waals surface area contributed by atoms with Gasteiger partial charge in [0, 0.05) is 234 Å². The molecule has 0 radical (unpaired) electrons. The summed E-state index contributed by atoms with van der Waals surface area (Å²) in [5, 5.41) is 36.2. The van der Waals surface area contributed by atoms with Gasteiger partial charge in [-0.1, -0.05) is 12.1 Å². The molecule has 1 aromatic carbocycles. The first-order chi connectivity index (χ1) is 64.6. The minimum absolute atomic E-state index is 0.0776. The van der Waals surface area contributed by atoms with Gasteiger partial charge in [0.2, 0.25) is 0 Å². The second-order valence-electron chi connectivity index (χ2n) is 35.3. The van der Waals surface area contributed by atoms with Crippen molar-refractivity contribution in [3.63, 3.8) is 0 Å². The summed E-state index contributed by atoms with van der Waals surface area (Å²) in [7, 11) is 8.59. The Hall–Kier alpha value is -14.8. The van der Waals surface area contributed by atoms with Gasteiger partial charge in [-0.15, -0.1) is 0 Å². The van der Waals surface area contributed by atoms with E-state index in [1.807, 2.05) is 122 Å². The van der Waals surface area contributed by atoms with Crippen molar-refractivity contribution in [3.8, 4) is 45.0 Å². The maximum Gasteiger partial charge on any atom is 0.254 e. The number of aryl methyl sites for hydroxylation is 3. The summed E-state index contributed by atoms with van der Waals surface area (Å²) in [6.45, 7) is 22.1. The van der Waals surface area contributed by atoms with Crippen molar-refractivity contribution in [3.05, 3.63) is 221 Å². The number of hydrogen-bond acceptors (Lipinski definition) is 27. The molecule has 14 aromatic rings. The van der Waals surface area contributed by atoms with Crippen LogP contribution >= 0.6 is 0 Å². The zero-order valence-corrected chi connectivity index (χ0v) is 74.6. The molecule has 0 spiro atoms. The van der Waals surface area contributed by atoms with E-state index < -0.39 is 0 Å². The molecule has 10 N–H and O–H groups in total. The predicted molar refractivity (Wildman–Crippen MR) is 511 cm³/mol. The van der Waals surface area contributed by atoms with Gasteiger partial charge in [-0.25, -0.2) is 24.9 Å². The van der Waals surface area contributed by atoms with Gasteiger partial charge in [-0.3, -0.25) is 48.5 Å². The average molecular weight is 1770 g/mol. The number of H-pyrrole nitrogens is 2. The van der Waals surface area contributed by atoms with E-state index in [0.29, 0.717) is 94.5 Å². The summed E-state index contributed by atoms with van der Waals surface area (Å²) in [4.78, 5) is 118. The lowest BCUT2D eigenvalue weighted by molar-refractivity contribution is 0.0958. The van der Waals surface area contributed by atoms with Crippen LogP contribution < -0.4 is 62.1 Å². The summed E-state index contributed by atoms with van der Waals surface area (Å²) < 4.78 is 4.13. The number of pyridine rings is 9. The highest BCUT2D eigenvalue weighted by Gasteiger charge is 2.35. The Bertz CT molecular complexity index is 6690. The van der Waals surface area contributed by atoms with Crippen LogP contribution in [0.25, 0.3) is 67.0 Å². The van der Waals surface area contributed by atoms with E-state index in [-0.39, 0.29) is 23.6 Å². The highest BCUT2D eigenvalue weighted by atomic mass is 16.2. The Morgan fingerprint density at radius 1 is 0.326 bits per heavy atom. The third-order valence-corrected chi connectivity index (χ3v) is 26.9. The molecule has 35 heteroatoms. The van der Waals surface area contributed by atoms with E-state index in [0.717, 1.165) is 268 Å². The number of benzene rings is 1.